The summed E-state index contributed by atoms with van der Waals surface area (Å²) in [5.74, 6) is 0.378. The Morgan fingerprint density at radius 1 is 1.32 bits per heavy atom. The van der Waals surface area contributed by atoms with Crippen LogP contribution in [0.15, 0.2) is 6.07 Å². The molecular formula is C15H20O4. The standard InChI is InChI=1S/C15H20O4/c1-19-13-9-10(5-4-8-14(16)17)15(18)12-7-3-2-6-11(12)13/h9,18H,2-8H2,1H3,(H,16,17). The summed E-state index contributed by atoms with van der Waals surface area (Å²) in [5.41, 5.74) is 2.92. The van der Waals surface area contributed by atoms with E-state index in [-0.39, 0.29) is 6.42 Å². The zero-order valence-corrected chi connectivity index (χ0v) is 11.2. The minimum absolute atomic E-state index is 0.124. The highest BCUT2D eigenvalue weighted by atomic mass is 16.5. The smallest absolute Gasteiger partial charge is 0.303 e. The second kappa shape index (κ2) is 5.95. The van der Waals surface area contributed by atoms with Gasteiger partial charge >= 0.3 is 5.97 Å². The van der Waals surface area contributed by atoms with Gasteiger partial charge in [-0.25, -0.2) is 0 Å². The predicted molar refractivity (Wildman–Crippen MR) is 71.9 cm³/mol. The molecule has 104 valence electrons. The third-order valence-electron chi connectivity index (χ3n) is 3.72. The molecule has 0 radical (unpaired) electrons. The number of phenolic OH excluding ortho intramolecular Hbond substituents is 1. The Balaban J connectivity index is 2.26. The molecule has 0 aromatic heterocycles. The molecule has 0 bridgehead atoms. The summed E-state index contributed by atoms with van der Waals surface area (Å²) < 4.78 is 5.41. The molecule has 0 aliphatic heterocycles. The number of ether oxygens (including phenoxy) is 1. The summed E-state index contributed by atoms with van der Waals surface area (Å²) in [6, 6.07) is 1.86. The van der Waals surface area contributed by atoms with Crippen LogP contribution in [-0.4, -0.2) is 23.3 Å². The molecule has 2 rings (SSSR count). The number of carbonyl (C=O) groups is 1. The molecule has 1 aromatic carbocycles. The van der Waals surface area contributed by atoms with Crippen LogP contribution in [0.5, 0.6) is 11.5 Å². The number of fused-ring (bicyclic) bond motifs is 1. The fourth-order valence-electron chi connectivity index (χ4n) is 2.75. The van der Waals surface area contributed by atoms with Crippen molar-refractivity contribution < 1.29 is 19.7 Å². The van der Waals surface area contributed by atoms with E-state index in [2.05, 4.69) is 0 Å². The van der Waals surface area contributed by atoms with Crippen LogP contribution in [0.4, 0.5) is 0 Å². The van der Waals surface area contributed by atoms with Gasteiger partial charge in [-0.15, -0.1) is 0 Å². The quantitative estimate of drug-likeness (QED) is 0.858. The summed E-state index contributed by atoms with van der Waals surface area (Å²) in [6.45, 7) is 0. The molecule has 0 fully saturated rings. The number of carboxylic acid groups (broad SMARTS) is 1. The summed E-state index contributed by atoms with van der Waals surface area (Å²) in [5, 5.41) is 19.0. The van der Waals surface area contributed by atoms with E-state index in [1.54, 1.807) is 7.11 Å². The van der Waals surface area contributed by atoms with Gasteiger partial charge in [0.05, 0.1) is 7.11 Å². The number of hydrogen-bond donors (Lipinski definition) is 2. The van der Waals surface area contributed by atoms with Crippen molar-refractivity contribution in [3.63, 3.8) is 0 Å². The lowest BCUT2D eigenvalue weighted by molar-refractivity contribution is -0.137. The van der Waals surface area contributed by atoms with Crippen LogP contribution < -0.4 is 4.74 Å². The molecule has 0 spiro atoms. The van der Waals surface area contributed by atoms with E-state index in [1.807, 2.05) is 6.07 Å². The predicted octanol–water partition coefficient (Wildman–Crippen LogP) is 2.69. The fourth-order valence-corrected chi connectivity index (χ4v) is 2.75. The lowest BCUT2D eigenvalue weighted by Gasteiger charge is -2.22. The summed E-state index contributed by atoms with van der Waals surface area (Å²) in [4.78, 5) is 10.5. The molecular weight excluding hydrogens is 244 g/mol. The molecule has 2 N–H and O–H groups in total. The zero-order valence-electron chi connectivity index (χ0n) is 11.2. The molecule has 0 saturated carbocycles. The first kappa shape index (κ1) is 13.7. The second-order valence-corrected chi connectivity index (χ2v) is 5.00. The van der Waals surface area contributed by atoms with Gasteiger partial charge in [-0.3, -0.25) is 4.79 Å². The second-order valence-electron chi connectivity index (χ2n) is 5.00. The van der Waals surface area contributed by atoms with Crippen LogP contribution in [0.25, 0.3) is 0 Å². The Kier molecular flexibility index (Phi) is 4.30. The first-order valence-electron chi connectivity index (χ1n) is 6.76. The van der Waals surface area contributed by atoms with Gasteiger partial charge in [-0.1, -0.05) is 0 Å². The zero-order chi connectivity index (χ0) is 13.8. The van der Waals surface area contributed by atoms with Crippen molar-refractivity contribution in [3.05, 3.63) is 22.8 Å². The number of hydrogen-bond acceptors (Lipinski definition) is 3. The van der Waals surface area contributed by atoms with Gasteiger partial charge in [0.2, 0.25) is 0 Å². The number of phenols is 1. The minimum Gasteiger partial charge on any atom is -0.507 e. The molecule has 0 unspecified atom stereocenters. The van der Waals surface area contributed by atoms with Crippen LogP contribution in [0.1, 0.15) is 42.4 Å². The lowest BCUT2D eigenvalue weighted by Crippen LogP contribution is -2.07. The topological polar surface area (TPSA) is 66.8 Å². The Morgan fingerprint density at radius 3 is 2.63 bits per heavy atom. The first-order chi connectivity index (χ1) is 9.13. The van der Waals surface area contributed by atoms with E-state index >= 15 is 0 Å². The number of methoxy groups -OCH3 is 1. The van der Waals surface area contributed by atoms with Gasteiger partial charge < -0.3 is 14.9 Å². The van der Waals surface area contributed by atoms with Gasteiger partial charge in [0, 0.05) is 17.5 Å². The monoisotopic (exact) mass is 264 g/mol. The molecule has 4 nitrogen and oxygen atoms in total. The highest BCUT2D eigenvalue weighted by Crippen LogP contribution is 2.38. The molecule has 0 atom stereocenters. The van der Waals surface area contributed by atoms with Crippen LogP contribution in [0.2, 0.25) is 0 Å². The highest BCUT2D eigenvalue weighted by Gasteiger charge is 2.20. The van der Waals surface area contributed by atoms with Crippen LogP contribution >= 0.6 is 0 Å². The number of aryl methyl sites for hydroxylation is 1. The molecule has 0 amide bonds. The van der Waals surface area contributed by atoms with E-state index in [4.69, 9.17) is 9.84 Å². The summed E-state index contributed by atoms with van der Waals surface area (Å²) in [6.07, 6.45) is 5.26. The maximum Gasteiger partial charge on any atom is 0.303 e. The maximum atomic E-state index is 10.5. The van der Waals surface area contributed by atoms with Crippen LogP contribution in [-0.2, 0) is 24.1 Å². The highest BCUT2D eigenvalue weighted by molar-refractivity contribution is 5.66. The van der Waals surface area contributed by atoms with Gasteiger partial charge in [0.1, 0.15) is 11.5 Å². The van der Waals surface area contributed by atoms with E-state index in [0.29, 0.717) is 18.6 Å². The van der Waals surface area contributed by atoms with Gasteiger partial charge in [-0.05, 0) is 50.2 Å². The Bertz CT molecular complexity index is 480. The average Bonchev–Trinajstić information content (AvgIpc) is 2.41. The maximum absolute atomic E-state index is 10.5. The van der Waals surface area contributed by atoms with E-state index in [1.165, 1.54) is 0 Å². The molecule has 1 aromatic rings. The van der Waals surface area contributed by atoms with Crippen molar-refractivity contribution in [2.45, 2.75) is 44.9 Å². The lowest BCUT2D eigenvalue weighted by atomic mass is 9.87. The Labute approximate surface area is 113 Å². The number of rotatable bonds is 5. The Hall–Kier alpha value is -1.71. The largest absolute Gasteiger partial charge is 0.507 e. The molecule has 0 saturated heterocycles. The van der Waals surface area contributed by atoms with Crippen molar-refractivity contribution in [2.24, 2.45) is 0 Å². The van der Waals surface area contributed by atoms with E-state index < -0.39 is 5.97 Å². The van der Waals surface area contributed by atoms with Crippen LogP contribution in [0.3, 0.4) is 0 Å². The average molecular weight is 264 g/mol. The fraction of sp³-hybridized carbons (Fsp3) is 0.533. The first-order valence-corrected chi connectivity index (χ1v) is 6.76. The third-order valence-corrected chi connectivity index (χ3v) is 3.72. The van der Waals surface area contributed by atoms with E-state index in [0.717, 1.165) is 48.1 Å². The molecule has 1 aliphatic rings. The number of carboxylic acids is 1. The minimum atomic E-state index is -0.801. The van der Waals surface area contributed by atoms with Crippen molar-refractivity contribution >= 4 is 5.97 Å². The summed E-state index contributed by atoms with van der Waals surface area (Å²) in [7, 11) is 1.64. The third kappa shape index (κ3) is 3.00. The Morgan fingerprint density at radius 2 is 2.00 bits per heavy atom. The molecule has 19 heavy (non-hydrogen) atoms. The van der Waals surface area contributed by atoms with Crippen molar-refractivity contribution in [2.75, 3.05) is 7.11 Å². The number of aromatic hydroxyl groups is 1. The SMILES string of the molecule is COc1cc(CCCC(=O)O)c(O)c2c1CCCC2. The number of aliphatic carboxylic acids is 1. The number of benzene rings is 1. The molecule has 4 heteroatoms. The normalized spacial score (nSPS) is 13.9. The van der Waals surface area contributed by atoms with Crippen molar-refractivity contribution in [1.29, 1.82) is 0 Å². The van der Waals surface area contributed by atoms with Gasteiger partial charge in [-0.2, -0.15) is 0 Å². The van der Waals surface area contributed by atoms with Crippen molar-refractivity contribution in [1.82, 2.24) is 0 Å². The van der Waals surface area contributed by atoms with Gasteiger partial charge in [0.25, 0.3) is 0 Å². The van der Waals surface area contributed by atoms with Gasteiger partial charge in [0.15, 0.2) is 0 Å². The summed E-state index contributed by atoms with van der Waals surface area (Å²) >= 11 is 0. The van der Waals surface area contributed by atoms with E-state index in [9.17, 15) is 9.90 Å². The molecule has 1 aliphatic carbocycles. The molecule has 0 heterocycles. The van der Waals surface area contributed by atoms with Crippen LogP contribution in [0, 0.1) is 0 Å². The van der Waals surface area contributed by atoms with Crippen molar-refractivity contribution in [3.8, 4) is 11.5 Å².